The summed E-state index contributed by atoms with van der Waals surface area (Å²) in [5, 5.41) is 5.11. The molecule has 0 N–H and O–H groups in total. The molecule has 4 saturated carbocycles. The van der Waals surface area contributed by atoms with Crippen LogP contribution in [-0.4, -0.2) is 4.57 Å². The Labute approximate surface area is 375 Å². The molecule has 0 bridgehead atoms. The van der Waals surface area contributed by atoms with Gasteiger partial charge in [-0.15, -0.1) is 0 Å². The van der Waals surface area contributed by atoms with Gasteiger partial charge in [0.1, 0.15) is 0 Å². The molecule has 2 nitrogen and oxygen atoms in total. The van der Waals surface area contributed by atoms with Gasteiger partial charge >= 0.3 is 0 Å². The fourth-order valence-electron chi connectivity index (χ4n) is 13.8. The second-order valence-electron chi connectivity index (χ2n) is 19.4. The van der Waals surface area contributed by atoms with Gasteiger partial charge in [-0.3, -0.25) is 0 Å². The Morgan fingerprint density at radius 1 is 0.391 bits per heavy atom. The van der Waals surface area contributed by atoms with Crippen molar-refractivity contribution in [2.75, 3.05) is 4.90 Å². The highest BCUT2D eigenvalue weighted by atomic mass is 15.1. The maximum atomic E-state index is 2.50. The molecule has 1 heterocycles. The second-order valence-corrected chi connectivity index (χ2v) is 19.4. The van der Waals surface area contributed by atoms with E-state index in [4.69, 9.17) is 0 Å². The number of hydrogen-bond acceptors (Lipinski definition) is 1. The first-order valence-corrected chi connectivity index (χ1v) is 23.5. The molecule has 0 amide bonds. The van der Waals surface area contributed by atoms with Crippen LogP contribution in [0.3, 0.4) is 0 Å². The van der Waals surface area contributed by atoms with E-state index in [9.17, 15) is 0 Å². The summed E-state index contributed by atoms with van der Waals surface area (Å²) in [7, 11) is 0. The van der Waals surface area contributed by atoms with Crippen molar-refractivity contribution in [2.24, 2.45) is 29.6 Å². The van der Waals surface area contributed by atoms with Crippen LogP contribution in [-0.2, 0) is 5.41 Å². The zero-order valence-electron chi connectivity index (χ0n) is 35.8. The minimum Gasteiger partial charge on any atom is -0.311 e. The Hall–Kier alpha value is -7.16. The van der Waals surface area contributed by atoms with Crippen LogP contribution in [0, 0.1) is 29.6 Å². The lowest BCUT2D eigenvalue weighted by Gasteiger charge is -2.51. The molecule has 0 radical (unpaired) electrons. The molecule has 0 aliphatic heterocycles. The first-order chi connectivity index (χ1) is 31.7. The van der Waals surface area contributed by atoms with Gasteiger partial charge in [-0.2, -0.15) is 0 Å². The van der Waals surface area contributed by atoms with Gasteiger partial charge in [0, 0.05) is 33.4 Å². The summed E-state index contributed by atoms with van der Waals surface area (Å²) in [5.41, 5.74) is 16.5. The summed E-state index contributed by atoms with van der Waals surface area (Å²) in [4.78, 5) is 2.45. The van der Waals surface area contributed by atoms with Gasteiger partial charge in [-0.1, -0.05) is 158 Å². The van der Waals surface area contributed by atoms with Crippen molar-refractivity contribution in [3.05, 3.63) is 218 Å². The van der Waals surface area contributed by atoms with E-state index < -0.39 is 0 Å². The van der Waals surface area contributed by atoms with Gasteiger partial charge < -0.3 is 9.47 Å². The van der Waals surface area contributed by atoms with Gasteiger partial charge in [0.05, 0.1) is 16.7 Å². The summed E-state index contributed by atoms with van der Waals surface area (Å²) in [6, 6.07) is 79.0. The smallest absolute Gasteiger partial charge is 0.0541 e. The van der Waals surface area contributed by atoms with Gasteiger partial charge in [0.15, 0.2) is 0 Å². The van der Waals surface area contributed by atoms with Crippen molar-refractivity contribution >= 4 is 49.6 Å². The minimum absolute atomic E-state index is 0.421. The molecule has 9 aromatic carbocycles. The van der Waals surface area contributed by atoms with E-state index in [1.165, 1.54) is 103 Å². The maximum Gasteiger partial charge on any atom is 0.0541 e. The van der Waals surface area contributed by atoms with Crippen LogP contribution in [0.4, 0.5) is 17.1 Å². The highest BCUT2D eigenvalue weighted by Crippen LogP contribution is 2.78. The molecular weight excluding hydrogens is 773 g/mol. The van der Waals surface area contributed by atoms with Crippen molar-refractivity contribution in [2.45, 2.75) is 31.1 Å². The fourth-order valence-corrected chi connectivity index (χ4v) is 13.8. The Balaban J connectivity index is 0.825. The summed E-state index contributed by atoms with van der Waals surface area (Å²) >= 11 is 0. The highest BCUT2D eigenvalue weighted by Gasteiger charge is 2.72. The predicted molar refractivity (Wildman–Crippen MR) is 267 cm³/mol. The van der Waals surface area contributed by atoms with E-state index in [-0.39, 0.29) is 0 Å². The first-order valence-electron chi connectivity index (χ1n) is 23.5. The fraction of sp³-hybridized carbons (Fsp3) is 0.161. The Bertz CT molecular complexity index is 3360. The number of para-hydroxylation sites is 3. The SMILES string of the molecule is c1ccc(-n2c3ccccc3c3ccccc32)c(-c2ccc(N(c3ccc(-c4ccc(-c5cccc6ccccc56)cc4)cc3)c3ccc(C45C[C@@H]6CC7C[C@@H](C4)C5C76)cc3)cc2)c1. The van der Waals surface area contributed by atoms with E-state index in [1.807, 2.05) is 0 Å². The zero-order valence-corrected chi connectivity index (χ0v) is 35.8. The number of aromatic nitrogens is 1. The normalized spacial score (nSPS) is 22.7. The Morgan fingerprint density at radius 2 is 0.875 bits per heavy atom. The van der Waals surface area contributed by atoms with Crippen LogP contribution >= 0.6 is 0 Å². The number of fused-ring (bicyclic) bond motifs is 4. The standard InChI is InChI=1S/C62H48N2/c1-2-12-52-42(10-1)11-9-16-53(52)43-22-20-40(21-23-43)41-24-30-49(31-25-41)63(51-34-28-48(29-35-51)62-38-46-36-45-37-47(39-62)61(62)60(45)46)50-32-26-44(27-33-50)54-13-3-6-17-57(54)64-58-18-7-4-14-55(58)56-15-5-8-19-59(56)64/h1-35,45-47,60-61H,36-39H2/t45?,46-,47-,60?,61?,62?/m0/s1. The molecular formula is C62H48N2. The van der Waals surface area contributed by atoms with Crippen LogP contribution in [0.5, 0.6) is 0 Å². The second kappa shape index (κ2) is 13.9. The van der Waals surface area contributed by atoms with Crippen molar-refractivity contribution in [3.8, 4) is 39.1 Å². The summed E-state index contributed by atoms with van der Waals surface area (Å²) in [6.07, 6.45) is 5.82. The van der Waals surface area contributed by atoms with Gasteiger partial charge in [0.2, 0.25) is 0 Å². The largest absolute Gasteiger partial charge is 0.311 e. The third-order valence-electron chi connectivity index (χ3n) is 16.4. The predicted octanol–water partition coefficient (Wildman–Crippen LogP) is 16.3. The van der Waals surface area contributed by atoms with E-state index in [1.54, 1.807) is 5.56 Å². The van der Waals surface area contributed by atoms with Gasteiger partial charge in [-0.25, -0.2) is 0 Å². The number of anilines is 3. The minimum atomic E-state index is 0.421. The summed E-state index contributed by atoms with van der Waals surface area (Å²) < 4.78 is 2.44. The number of hydrogen-bond donors (Lipinski definition) is 0. The number of nitrogens with zero attached hydrogens (tertiary/aromatic N) is 2. The lowest BCUT2D eigenvalue weighted by atomic mass is 9.53. The molecule has 4 aliphatic rings. The van der Waals surface area contributed by atoms with Crippen molar-refractivity contribution in [1.82, 2.24) is 4.57 Å². The van der Waals surface area contributed by atoms with E-state index in [2.05, 4.69) is 222 Å². The quantitative estimate of drug-likeness (QED) is 0.148. The average molecular weight is 821 g/mol. The van der Waals surface area contributed by atoms with Crippen LogP contribution in [0.25, 0.3) is 71.6 Å². The van der Waals surface area contributed by atoms with Crippen LogP contribution in [0.15, 0.2) is 212 Å². The molecule has 4 unspecified atom stereocenters. The van der Waals surface area contributed by atoms with Crippen LogP contribution < -0.4 is 4.90 Å². The lowest BCUT2D eigenvalue weighted by Crippen LogP contribution is -2.47. The molecule has 14 rings (SSSR count). The summed E-state index contributed by atoms with van der Waals surface area (Å²) in [5.74, 6) is 4.93. The molecule has 64 heavy (non-hydrogen) atoms. The third-order valence-corrected chi connectivity index (χ3v) is 16.4. The molecule has 10 aromatic rings. The topological polar surface area (TPSA) is 8.17 Å². The average Bonchev–Trinajstić information content (AvgIpc) is 3.88. The lowest BCUT2D eigenvalue weighted by molar-refractivity contribution is 0.0684. The molecule has 1 aromatic heterocycles. The van der Waals surface area contributed by atoms with E-state index in [0.717, 1.165) is 41.0 Å². The molecule has 2 heteroatoms. The number of benzene rings is 9. The third kappa shape index (κ3) is 5.32. The summed E-state index contributed by atoms with van der Waals surface area (Å²) in [6.45, 7) is 0. The molecule has 4 aliphatic carbocycles. The molecule has 306 valence electrons. The number of rotatable bonds is 8. The van der Waals surface area contributed by atoms with Crippen LogP contribution in [0.2, 0.25) is 0 Å². The van der Waals surface area contributed by atoms with Gasteiger partial charge in [-0.05, 0) is 159 Å². The molecule has 0 spiro atoms. The highest BCUT2D eigenvalue weighted by molar-refractivity contribution is 6.09. The zero-order chi connectivity index (χ0) is 41.9. The monoisotopic (exact) mass is 820 g/mol. The first kappa shape index (κ1) is 36.3. The Kier molecular flexibility index (Phi) is 7.90. The van der Waals surface area contributed by atoms with E-state index >= 15 is 0 Å². The Morgan fingerprint density at radius 3 is 1.58 bits per heavy atom. The van der Waals surface area contributed by atoms with Crippen molar-refractivity contribution in [1.29, 1.82) is 0 Å². The van der Waals surface area contributed by atoms with E-state index in [0.29, 0.717) is 5.41 Å². The van der Waals surface area contributed by atoms with Gasteiger partial charge in [0.25, 0.3) is 0 Å². The molecule has 6 atom stereocenters. The molecule has 4 fully saturated rings. The van der Waals surface area contributed by atoms with Crippen molar-refractivity contribution < 1.29 is 0 Å². The van der Waals surface area contributed by atoms with Crippen molar-refractivity contribution in [3.63, 3.8) is 0 Å². The maximum absolute atomic E-state index is 2.50. The van der Waals surface area contributed by atoms with Crippen LogP contribution in [0.1, 0.15) is 31.2 Å². The molecule has 0 saturated heterocycles.